The van der Waals surface area contributed by atoms with Gasteiger partial charge in [-0.05, 0) is 70.6 Å². The van der Waals surface area contributed by atoms with Crippen LogP contribution in [0.1, 0.15) is 213 Å². The van der Waals surface area contributed by atoms with Crippen molar-refractivity contribution < 1.29 is 42.9 Å². The highest BCUT2D eigenvalue weighted by Crippen LogP contribution is 2.15. The molecule has 0 rings (SSSR count). The fourth-order valence-corrected chi connectivity index (χ4v) is 7.22. The molecule has 2 unspecified atom stereocenters. The SMILES string of the molecule is CC/C=C\C/C=C\C/C=C\C/C=C\C/C=C\C/C=C\C/C=C\CCCCCCCCCC(=O)OC(COC(=O)CCCCCCCCCCCCCCCC)COC(OCC[N+](C)(C)C)C(=O)[O-]. The lowest BCUT2D eigenvalue weighted by Crippen LogP contribution is -2.44. The molecule has 9 nitrogen and oxygen atoms in total. The largest absolute Gasteiger partial charge is 0.545 e. The Morgan fingerprint density at radius 3 is 1.25 bits per heavy atom. The summed E-state index contributed by atoms with van der Waals surface area (Å²) in [6.45, 7) is 4.62. The van der Waals surface area contributed by atoms with E-state index in [0.717, 1.165) is 89.9 Å². The maximum atomic E-state index is 12.8. The van der Waals surface area contributed by atoms with Crippen molar-refractivity contribution in [3.63, 3.8) is 0 Å². The number of ether oxygens (including phenoxy) is 4. The molecular weight excluding hydrogens is 851 g/mol. The van der Waals surface area contributed by atoms with Gasteiger partial charge in [0.05, 0.1) is 40.3 Å². The average molecular weight is 952 g/mol. The topological polar surface area (TPSA) is 111 Å². The van der Waals surface area contributed by atoms with Crippen molar-refractivity contribution >= 4 is 17.9 Å². The third-order valence-electron chi connectivity index (χ3n) is 11.4. The Morgan fingerprint density at radius 2 is 0.838 bits per heavy atom. The number of unbranched alkanes of at least 4 members (excludes halogenated alkanes) is 20. The van der Waals surface area contributed by atoms with Crippen LogP contribution < -0.4 is 5.11 Å². The summed E-state index contributed by atoms with van der Waals surface area (Å²) in [4.78, 5) is 37.2. The van der Waals surface area contributed by atoms with Gasteiger partial charge in [0.15, 0.2) is 12.4 Å². The van der Waals surface area contributed by atoms with Crippen molar-refractivity contribution in [3.05, 3.63) is 85.1 Å². The summed E-state index contributed by atoms with van der Waals surface area (Å²) in [5.74, 6) is -2.30. The monoisotopic (exact) mass is 952 g/mol. The molecule has 0 aromatic carbocycles. The Kier molecular flexibility index (Phi) is 47.3. The molecule has 0 saturated carbocycles. The summed E-state index contributed by atoms with van der Waals surface area (Å²) in [5, 5.41) is 11.7. The van der Waals surface area contributed by atoms with Crippen LogP contribution in [-0.2, 0) is 33.3 Å². The van der Waals surface area contributed by atoms with E-state index in [2.05, 4.69) is 98.9 Å². The van der Waals surface area contributed by atoms with E-state index >= 15 is 0 Å². The highest BCUT2D eigenvalue weighted by Gasteiger charge is 2.22. The molecule has 0 aliphatic rings. The molecule has 68 heavy (non-hydrogen) atoms. The molecule has 0 N–H and O–H groups in total. The van der Waals surface area contributed by atoms with E-state index in [1.807, 2.05) is 21.1 Å². The number of aliphatic carboxylic acids is 1. The number of allylic oxidation sites excluding steroid dienone is 14. The normalized spacial score (nSPS) is 13.5. The first-order valence-corrected chi connectivity index (χ1v) is 27.2. The number of nitrogens with zero attached hydrogens (tertiary/aromatic N) is 1. The van der Waals surface area contributed by atoms with E-state index in [4.69, 9.17) is 18.9 Å². The zero-order chi connectivity index (χ0) is 49.9. The predicted molar refractivity (Wildman–Crippen MR) is 283 cm³/mol. The minimum atomic E-state index is -1.63. The molecule has 0 aliphatic heterocycles. The minimum absolute atomic E-state index is 0.142. The van der Waals surface area contributed by atoms with Crippen LogP contribution in [0.4, 0.5) is 0 Å². The number of esters is 2. The Morgan fingerprint density at radius 1 is 0.456 bits per heavy atom. The Hall–Kier alpha value is -3.53. The molecule has 0 fully saturated rings. The van der Waals surface area contributed by atoms with Gasteiger partial charge in [-0.2, -0.15) is 0 Å². The summed E-state index contributed by atoms with van der Waals surface area (Å²) in [6, 6.07) is 0. The number of rotatable bonds is 49. The lowest BCUT2D eigenvalue weighted by Gasteiger charge is -2.26. The molecule has 0 heterocycles. The van der Waals surface area contributed by atoms with Gasteiger partial charge < -0.3 is 33.3 Å². The van der Waals surface area contributed by atoms with E-state index in [9.17, 15) is 19.5 Å². The van der Waals surface area contributed by atoms with Gasteiger partial charge in [-0.3, -0.25) is 9.59 Å². The van der Waals surface area contributed by atoms with Crippen molar-refractivity contribution in [1.82, 2.24) is 0 Å². The summed E-state index contributed by atoms with van der Waals surface area (Å²) < 4.78 is 22.6. The smallest absolute Gasteiger partial charge is 0.306 e. The van der Waals surface area contributed by atoms with Gasteiger partial charge in [0.25, 0.3) is 0 Å². The first-order chi connectivity index (χ1) is 33.1. The number of quaternary nitrogens is 1. The van der Waals surface area contributed by atoms with Crippen molar-refractivity contribution in [1.29, 1.82) is 0 Å². The van der Waals surface area contributed by atoms with E-state index in [1.54, 1.807) is 0 Å². The van der Waals surface area contributed by atoms with E-state index in [1.165, 1.54) is 89.9 Å². The molecule has 9 heteroatoms. The van der Waals surface area contributed by atoms with Crippen LogP contribution >= 0.6 is 0 Å². The van der Waals surface area contributed by atoms with Crippen molar-refractivity contribution in [2.45, 2.75) is 225 Å². The fourth-order valence-electron chi connectivity index (χ4n) is 7.22. The Labute approximate surface area is 417 Å². The van der Waals surface area contributed by atoms with Gasteiger partial charge in [-0.1, -0.05) is 214 Å². The molecule has 0 aliphatic carbocycles. The van der Waals surface area contributed by atoms with Crippen LogP contribution in [0, 0.1) is 0 Å². The van der Waals surface area contributed by atoms with Gasteiger partial charge >= 0.3 is 11.9 Å². The molecule has 0 amide bonds. The van der Waals surface area contributed by atoms with Gasteiger partial charge in [0.2, 0.25) is 0 Å². The second-order valence-corrected chi connectivity index (χ2v) is 19.1. The standard InChI is InChI=1S/C59H101NO8/c1-6-8-10-12-14-16-18-20-22-23-24-25-26-27-28-29-30-31-32-33-34-35-36-38-40-42-44-46-48-50-57(62)68-55(54-67-59(58(63)64)65-52-51-60(3,4)5)53-66-56(61)49-47-45-43-41-39-37-21-19-17-15-13-11-9-7-2/h8,10,14,16,20,22,24-25,27-28,30-31,33-34,55,59H,6-7,9,11-13,15,17-19,21,23,26,29,32,35-54H2,1-5H3/b10-8-,16-14-,22-20-,25-24-,28-27-,31-30-,34-33-. The molecule has 0 saturated heterocycles. The Balaban J connectivity index is 4.30. The molecule has 0 aromatic heterocycles. The van der Waals surface area contributed by atoms with Crippen LogP contribution in [0.2, 0.25) is 0 Å². The van der Waals surface area contributed by atoms with Crippen LogP contribution in [0.3, 0.4) is 0 Å². The second-order valence-electron chi connectivity index (χ2n) is 19.1. The number of carboxylic acids is 1. The minimum Gasteiger partial charge on any atom is -0.545 e. The van der Waals surface area contributed by atoms with Crippen molar-refractivity contribution in [2.24, 2.45) is 0 Å². The van der Waals surface area contributed by atoms with Crippen LogP contribution in [0.5, 0.6) is 0 Å². The van der Waals surface area contributed by atoms with Crippen LogP contribution in [0.25, 0.3) is 0 Å². The first-order valence-electron chi connectivity index (χ1n) is 27.2. The van der Waals surface area contributed by atoms with Crippen molar-refractivity contribution in [2.75, 3.05) is 47.5 Å². The number of likely N-dealkylation sites (N-methyl/N-ethyl adjacent to an activating group) is 1. The van der Waals surface area contributed by atoms with Gasteiger partial charge in [-0.25, -0.2) is 0 Å². The zero-order valence-corrected chi connectivity index (χ0v) is 44.2. The second kappa shape index (κ2) is 49.9. The lowest BCUT2D eigenvalue weighted by atomic mass is 10.0. The molecule has 0 bridgehead atoms. The third-order valence-corrected chi connectivity index (χ3v) is 11.4. The predicted octanol–water partition coefficient (Wildman–Crippen LogP) is 14.3. The van der Waals surface area contributed by atoms with Gasteiger partial charge in [0.1, 0.15) is 13.2 Å². The molecular formula is C59H101NO8. The summed E-state index contributed by atoms with van der Waals surface area (Å²) >= 11 is 0. The average Bonchev–Trinajstić information content (AvgIpc) is 3.30. The first kappa shape index (κ1) is 64.5. The zero-order valence-electron chi connectivity index (χ0n) is 44.2. The number of carbonyl (C=O) groups excluding carboxylic acids is 3. The summed E-state index contributed by atoms with van der Waals surface area (Å²) in [6.07, 6.45) is 61.9. The van der Waals surface area contributed by atoms with E-state index in [0.29, 0.717) is 17.4 Å². The fraction of sp³-hybridized carbons (Fsp3) is 0.712. The molecule has 2 atom stereocenters. The number of carbonyl (C=O) groups is 3. The van der Waals surface area contributed by atoms with Crippen LogP contribution in [-0.4, -0.2) is 82.3 Å². The van der Waals surface area contributed by atoms with Gasteiger partial charge in [0, 0.05) is 12.8 Å². The maximum Gasteiger partial charge on any atom is 0.306 e. The number of carboxylic acid groups (broad SMARTS) is 1. The van der Waals surface area contributed by atoms with Gasteiger partial charge in [-0.15, -0.1) is 0 Å². The van der Waals surface area contributed by atoms with E-state index in [-0.39, 0.29) is 38.6 Å². The maximum absolute atomic E-state index is 12.8. The molecule has 390 valence electrons. The number of hydrogen-bond donors (Lipinski definition) is 0. The number of hydrogen-bond acceptors (Lipinski definition) is 8. The Bertz CT molecular complexity index is 1390. The molecule has 0 radical (unpaired) electrons. The van der Waals surface area contributed by atoms with E-state index < -0.39 is 24.3 Å². The molecule has 0 aromatic rings. The van der Waals surface area contributed by atoms with Crippen LogP contribution in [0.15, 0.2) is 85.1 Å². The third kappa shape index (κ3) is 50.3. The highest BCUT2D eigenvalue weighted by molar-refractivity contribution is 5.70. The molecule has 0 spiro atoms. The quantitative estimate of drug-likeness (QED) is 0.0195. The highest BCUT2D eigenvalue weighted by atomic mass is 16.7. The lowest BCUT2D eigenvalue weighted by molar-refractivity contribution is -0.870. The summed E-state index contributed by atoms with van der Waals surface area (Å²) in [7, 11) is 5.91. The summed E-state index contributed by atoms with van der Waals surface area (Å²) in [5.41, 5.74) is 0. The van der Waals surface area contributed by atoms with Crippen molar-refractivity contribution in [3.8, 4) is 0 Å².